The van der Waals surface area contributed by atoms with Crippen molar-refractivity contribution in [1.82, 2.24) is 10.3 Å². The second kappa shape index (κ2) is 5.43. The molecule has 90 valence electrons. The highest BCUT2D eigenvalue weighted by molar-refractivity contribution is 7.15. The van der Waals surface area contributed by atoms with Gasteiger partial charge in [0.1, 0.15) is 5.01 Å². The van der Waals surface area contributed by atoms with Crippen LogP contribution in [0.3, 0.4) is 0 Å². The number of hydrogen-bond donors (Lipinski definition) is 1. The van der Waals surface area contributed by atoms with E-state index in [1.165, 1.54) is 21.7 Å². The summed E-state index contributed by atoms with van der Waals surface area (Å²) in [6.45, 7) is 5.23. The van der Waals surface area contributed by atoms with E-state index in [1.54, 1.807) is 0 Å². The number of likely N-dealkylation sites (N-methyl/N-ethyl adjacent to an activating group) is 1. The lowest BCUT2D eigenvalue weighted by Gasteiger charge is -1.97. The predicted molar refractivity (Wildman–Crippen MR) is 74.7 cm³/mol. The molecule has 0 radical (unpaired) electrons. The number of nitrogens with one attached hydrogen (secondary N) is 1. The third-order valence-corrected chi connectivity index (χ3v) is 4.03. The standard InChI is InChI=1S/C14H18N2S/c1-10-5-4-6-12(9-10)14-16-11(2)13(17-14)7-8-15-3/h4-6,9,15H,7-8H2,1-3H3. The molecule has 3 heteroatoms. The van der Waals surface area contributed by atoms with Crippen LogP contribution >= 0.6 is 11.3 Å². The SMILES string of the molecule is CNCCc1sc(-c2cccc(C)c2)nc1C. The maximum atomic E-state index is 4.67. The molecule has 1 heterocycles. The van der Waals surface area contributed by atoms with E-state index in [1.807, 2.05) is 18.4 Å². The van der Waals surface area contributed by atoms with Crippen molar-refractivity contribution in [3.63, 3.8) is 0 Å². The number of benzene rings is 1. The van der Waals surface area contributed by atoms with Crippen molar-refractivity contribution >= 4 is 11.3 Å². The molecule has 0 aliphatic carbocycles. The Morgan fingerprint density at radius 3 is 2.82 bits per heavy atom. The van der Waals surface area contributed by atoms with Crippen LogP contribution in [-0.2, 0) is 6.42 Å². The molecule has 0 amide bonds. The van der Waals surface area contributed by atoms with Crippen LogP contribution in [-0.4, -0.2) is 18.6 Å². The van der Waals surface area contributed by atoms with Crippen molar-refractivity contribution in [2.75, 3.05) is 13.6 Å². The lowest BCUT2D eigenvalue weighted by atomic mass is 10.1. The molecule has 2 rings (SSSR count). The molecule has 17 heavy (non-hydrogen) atoms. The normalized spacial score (nSPS) is 10.8. The summed E-state index contributed by atoms with van der Waals surface area (Å²) >= 11 is 1.81. The summed E-state index contributed by atoms with van der Waals surface area (Å²) in [5.41, 5.74) is 3.68. The molecule has 0 aliphatic rings. The first-order chi connectivity index (χ1) is 8.20. The highest BCUT2D eigenvalue weighted by Crippen LogP contribution is 2.28. The number of aryl methyl sites for hydroxylation is 2. The van der Waals surface area contributed by atoms with Crippen LogP contribution in [0.25, 0.3) is 10.6 Å². The van der Waals surface area contributed by atoms with E-state index >= 15 is 0 Å². The van der Waals surface area contributed by atoms with E-state index < -0.39 is 0 Å². The van der Waals surface area contributed by atoms with Crippen LogP contribution in [0.15, 0.2) is 24.3 Å². The second-order valence-corrected chi connectivity index (χ2v) is 5.33. The van der Waals surface area contributed by atoms with Gasteiger partial charge in [-0.1, -0.05) is 23.8 Å². The molecule has 1 aromatic heterocycles. The maximum absolute atomic E-state index is 4.67. The summed E-state index contributed by atoms with van der Waals surface area (Å²) in [5, 5.41) is 4.32. The van der Waals surface area contributed by atoms with Gasteiger partial charge in [-0.05, 0) is 39.9 Å². The van der Waals surface area contributed by atoms with Gasteiger partial charge >= 0.3 is 0 Å². The predicted octanol–water partition coefficient (Wildman–Crippen LogP) is 3.19. The van der Waals surface area contributed by atoms with E-state index in [2.05, 4.69) is 48.4 Å². The minimum atomic E-state index is 1.01. The lowest BCUT2D eigenvalue weighted by Crippen LogP contribution is -2.09. The highest BCUT2D eigenvalue weighted by Gasteiger charge is 2.08. The first-order valence-electron chi connectivity index (χ1n) is 5.88. The number of rotatable bonds is 4. The Labute approximate surface area is 107 Å². The molecule has 0 spiro atoms. The van der Waals surface area contributed by atoms with Gasteiger partial charge in [0, 0.05) is 10.4 Å². The second-order valence-electron chi connectivity index (χ2n) is 4.25. The van der Waals surface area contributed by atoms with Gasteiger partial charge in [0.25, 0.3) is 0 Å². The monoisotopic (exact) mass is 246 g/mol. The Kier molecular flexibility index (Phi) is 3.92. The molecule has 0 fully saturated rings. The maximum Gasteiger partial charge on any atom is 0.123 e. The molecule has 2 nitrogen and oxygen atoms in total. The smallest absolute Gasteiger partial charge is 0.123 e. The molecule has 2 aromatic rings. The first kappa shape index (κ1) is 12.3. The van der Waals surface area contributed by atoms with Crippen molar-refractivity contribution in [3.8, 4) is 10.6 Å². The molecule has 1 N–H and O–H groups in total. The van der Waals surface area contributed by atoms with Crippen LogP contribution in [0.4, 0.5) is 0 Å². The third-order valence-electron chi connectivity index (χ3n) is 2.76. The van der Waals surface area contributed by atoms with Crippen LogP contribution in [0.5, 0.6) is 0 Å². The third kappa shape index (κ3) is 2.93. The average Bonchev–Trinajstić information content (AvgIpc) is 2.68. The molecule has 0 atom stereocenters. The van der Waals surface area contributed by atoms with Crippen molar-refractivity contribution in [2.24, 2.45) is 0 Å². The Bertz CT molecular complexity index is 503. The summed E-state index contributed by atoms with van der Waals surface area (Å²) < 4.78 is 0. The summed E-state index contributed by atoms with van der Waals surface area (Å²) in [4.78, 5) is 6.05. The van der Waals surface area contributed by atoms with Crippen molar-refractivity contribution in [2.45, 2.75) is 20.3 Å². The van der Waals surface area contributed by atoms with Crippen LogP contribution in [0.2, 0.25) is 0 Å². The molecular formula is C14H18N2S. The van der Waals surface area contributed by atoms with E-state index in [0.29, 0.717) is 0 Å². The zero-order chi connectivity index (χ0) is 12.3. The molecule has 0 saturated carbocycles. The van der Waals surface area contributed by atoms with Crippen molar-refractivity contribution in [1.29, 1.82) is 0 Å². The Morgan fingerprint density at radius 1 is 1.29 bits per heavy atom. The van der Waals surface area contributed by atoms with Gasteiger partial charge in [0.15, 0.2) is 0 Å². The van der Waals surface area contributed by atoms with Crippen molar-refractivity contribution in [3.05, 3.63) is 40.4 Å². The summed E-state index contributed by atoms with van der Waals surface area (Å²) in [7, 11) is 1.98. The van der Waals surface area contributed by atoms with Crippen LogP contribution in [0.1, 0.15) is 16.1 Å². The number of thiazole rings is 1. The van der Waals surface area contributed by atoms with Gasteiger partial charge in [-0.25, -0.2) is 4.98 Å². The van der Waals surface area contributed by atoms with Crippen LogP contribution < -0.4 is 5.32 Å². The van der Waals surface area contributed by atoms with Gasteiger partial charge in [0.2, 0.25) is 0 Å². The zero-order valence-electron chi connectivity index (χ0n) is 10.6. The van der Waals surface area contributed by atoms with Gasteiger partial charge in [-0.2, -0.15) is 0 Å². The zero-order valence-corrected chi connectivity index (χ0v) is 11.4. The minimum Gasteiger partial charge on any atom is -0.319 e. The van der Waals surface area contributed by atoms with Gasteiger partial charge in [0.05, 0.1) is 5.69 Å². The Balaban J connectivity index is 2.28. The summed E-state index contributed by atoms with van der Waals surface area (Å²) in [6, 6.07) is 8.54. The van der Waals surface area contributed by atoms with E-state index in [-0.39, 0.29) is 0 Å². The average molecular weight is 246 g/mol. The van der Waals surface area contributed by atoms with E-state index in [9.17, 15) is 0 Å². The molecular weight excluding hydrogens is 228 g/mol. The first-order valence-corrected chi connectivity index (χ1v) is 6.70. The fourth-order valence-electron chi connectivity index (χ4n) is 1.80. The largest absolute Gasteiger partial charge is 0.319 e. The quantitative estimate of drug-likeness (QED) is 0.896. The number of nitrogens with zero attached hydrogens (tertiary/aromatic N) is 1. The van der Waals surface area contributed by atoms with Crippen LogP contribution in [0, 0.1) is 13.8 Å². The summed E-state index contributed by atoms with van der Waals surface area (Å²) in [6.07, 6.45) is 1.06. The molecule has 0 aliphatic heterocycles. The molecule has 0 bridgehead atoms. The highest BCUT2D eigenvalue weighted by atomic mass is 32.1. The topological polar surface area (TPSA) is 24.9 Å². The fraction of sp³-hybridized carbons (Fsp3) is 0.357. The fourth-order valence-corrected chi connectivity index (χ4v) is 2.86. The number of hydrogen-bond acceptors (Lipinski definition) is 3. The molecule has 1 aromatic carbocycles. The van der Waals surface area contributed by atoms with Gasteiger partial charge in [-0.15, -0.1) is 11.3 Å². The molecule has 0 unspecified atom stereocenters. The Hall–Kier alpha value is -1.19. The molecule has 0 saturated heterocycles. The Morgan fingerprint density at radius 2 is 2.12 bits per heavy atom. The number of aromatic nitrogens is 1. The summed E-state index contributed by atoms with van der Waals surface area (Å²) in [5.74, 6) is 0. The van der Waals surface area contributed by atoms with Crippen molar-refractivity contribution < 1.29 is 0 Å². The van der Waals surface area contributed by atoms with Gasteiger partial charge < -0.3 is 5.32 Å². The van der Waals surface area contributed by atoms with E-state index in [0.717, 1.165) is 18.0 Å². The minimum absolute atomic E-state index is 1.01. The van der Waals surface area contributed by atoms with E-state index in [4.69, 9.17) is 0 Å². The van der Waals surface area contributed by atoms with Gasteiger partial charge in [-0.3, -0.25) is 0 Å². The lowest BCUT2D eigenvalue weighted by molar-refractivity contribution is 0.795.